The summed E-state index contributed by atoms with van der Waals surface area (Å²) >= 11 is 0. The standard InChI is InChI=1S/C45H61N15O7/c1-8-59-34(23-28(3)52-59)39(62)50-42-49-32-27-56(41(47)64)17-13-33(32)57(42)15-10-11-16-58-37-31(48-43(58)51-40(63)35-24-29(4)53-60(35)9-2)25-30(38(46)61)26-36(37)66-22-12-14-54-18-20-55(21-19-54)44(65)67-45(5,6)7/h10-11,23-26H,8-9,12-22,27H2,1-7H3,(H2,46,61)(H2,47,64)(H,48,51,63)(H,49,50,62)/b11-10+. The van der Waals surface area contributed by atoms with E-state index in [1.165, 1.54) is 4.90 Å². The number of aromatic nitrogens is 8. The molecular formula is C45H61N15O7. The van der Waals surface area contributed by atoms with Crippen molar-refractivity contribution in [3.05, 3.63) is 76.1 Å². The van der Waals surface area contributed by atoms with E-state index in [1.807, 2.05) is 65.2 Å². The minimum atomic E-state index is -0.670. The lowest BCUT2D eigenvalue weighted by molar-refractivity contribution is 0.0141. The molecule has 358 valence electrons. The van der Waals surface area contributed by atoms with E-state index in [0.29, 0.717) is 116 Å². The number of nitrogens with zero attached hydrogens (tertiary/aromatic N) is 11. The molecule has 22 heteroatoms. The van der Waals surface area contributed by atoms with E-state index in [4.69, 9.17) is 30.9 Å². The number of urea groups is 1. The Morgan fingerprint density at radius 3 is 1.94 bits per heavy atom. The molecular weight excluding hydrogens is 863 g/mol. The fourth-order valence-corrected chi connectivity index (χ4v) is 8.26. The monoisotopic (exact) mass is 923 g/mol. The van der Waals surface area contributed by atoms with E-state index in [2.05, 4.69) is 25.7 Å². The van der Waals surface area contributed by atoms with Gasteiger partial charge in [0.15, 0.2) is 0 Å². The smallest absolute Gasteiger partial charge is 0.410 e. The highest BCUT2D eigenvalue weighted by atomic mass is 16.6. The van der Waals surface area contributed by atoms with E-state index in [0.717, 1.165) is 5.69 Å². The van der Waals surface area contributed by atoms with Crippen LogP contribution in [0.1, 0.15) is 95.2 Å². The van der Waals surface area contributed by atoms with Gasteiger partial charge in [-0.05, 0) is 79.2 Å². The highest BCUT2D eigenvalue weighted by molar-refractivity contribution is 6.04. The number of benzene rings is 1. The maximum absolute atomic E-state index is 13.9. The highest BCUT2D eigenvalue weighted by Crippen LogP contribution is 2.32. The zero-order valence-corrected chi connectivity index (χ0v) is 39.3. The largest absolute Gasteiger partial charge is 0.491 e. The maximum atomic E-state index is 13.9. The minimum Gasteiger partial charge on any atom is -0.491 e. The zero-order chi connectivity index (χ0) is 48.2. The number of piperazine rings is 1. The van der Waals surface area contributed by atoms with Gasteiger partial charge >= 0.3 is 12.1 Å². The molecule has 22 nitrogen and oxygen atoms in total. The molecule has 1 saturated heterocycles. The molecule has 0 unspecified atom stereocenters. The van der Waals surface area contributed by atoms with Gasteiger partial charge in [-0.2, -0.15) is 10.2 Å². The first-order valence-electron chi connectivity index (χ1n) is 22.6. The van der Waals surface area contributed by atoms with Gasteiger partial charge < -0.3 is 39.9 Å². The van der Waals surface area contributed by atoms with Crippen LogP contribution in [0, 0.1) is 13.8 Å². The second-order valence-electron chi connectivity index (χ2n) is 17.6. The van der Waals surface area contributed by atoms with Crippen LogP contribution in [0.4, 0.5) is 21.5 Å². The van der Waals surface area contributed by atoms with Crippen LogP contribution in [0.15, 0.2) is 36.4 Å². The summed E-state index contributed by atoms with van der Waals surface area (Å²) in [6.45, 7) is 18.5. The number of ether oxygens (including phenoxy) is 2. The quantitative estimate of drug-likeness (QED) is 0.0812. The van der Waals surface area contributed by atoms with Crippen molar-refractivity contribution in [3.63, 3.8) is 0 Å². The third kappa shape index (κ3) is 11.1. The Labute approximate surface area is 388 Å². The van der Waals surface area contributed by atoms with E-state index in [-0.39, 0.29) is 49.8 Å². The molecule has 1 aromatic carbocycles. The summed E-state index contributed by atoms with van der Waals surface area (Å²) in [5.74, 6) is -0.626. The number of allylic oxidation sites excluding steroid dienone is 2. The molecule has 5 aromatic rings. The number of aryl methyl sites for hydroxylation is 4. The summed E-state index contributed by atoms with van der Waals surface area (Å²) in [7, 11) is 0. The van der Waals surface area contributed by atoms with Crippen LogP contribution in [0.2, 0.25) is 0 Å². The molecule has 67 heavy (non-hydrogen) atoms. The van der Waals surface area contributed by atoms with Crippen molar-refractivity contribution >= 4 is 52.8 Å². The molecule has 0 saturated carbocycles. The first-order valence-corrected chi connectivity index (χ1v) is 22.6. The van der Waals surface area contributed by atoms with Crippen molar-refractivity contribution in [2.45, 2.75) is 99.6 Å². The van der Waals surface area contributed by atoms with Crippen LogP contribution in [-0.2, 0) is 43.9 Å². The molecule has 6 N–H and O–H groups in total. The molecule has 2 aliphatic heterocycles. The molecule has 0 bridgehead atoms. The normalized spacial score (nSPS) is 14.4. The Morgan fingerprint density at radius 2 is 1.37 bits per heavy atom. The first kappa shape index (κ1) is 47.7. The summed E-state index contributed by atoms with van der Waals surface area (Å²) < 4.78 is 18.9. The third-order valence-corrected chi connectivity index (χ3v) is 11.5. The summed E-state index contributed by atoms with van der Waals surface area (Å²) in [5, 5.41) is 14.8. The van der Waals surface area contributed by atoms with Gasteiger partial charge in [-0.3, -0.25) is 39.3 Å². The molecule has 4 aromatic heterocycles. The zero-order valence-electron chi connectivity index (χ0n) is 39.3. The van der Waals surface area contributed by atoms with Crippen molar-refractivity contribution < 1.29 is 33.4 Å². The molecule has 6 heterocycles. The van der Waals surface area contributed by atoms with Gasteiger partial charge in [-0.25, -0.2) is 19.6 Å². The topological polar surface area (TPSA) is 261 Å². The third-order valence-electron chi connectivity index (χ3n) is 11.5. The van der Waals surface area contributed by atoms with Crippen molar-refractivity contribution in [1.82, 2.24) is 53.4 Å². The summed E-state index contributed by atoms with van der Waals surface area (Å²) in [6.07, 6.45) is 4.58. The van der Waals surface area contributed by atoms with Crippen LogP contribution < -0.4 is 26.8 Å². The van der Waals surface area contributed by atoms with Gasteiger partial charge in [0.25, 0.3) is 11.8 Å². The van der Waals surface area contributed by atoms with Gasteiger partial charge in [0.2, 0.25) is 17.8 Å². The molecule has 0 atom stereocenters. The summed E-state index contributed by atoms with van der Waals surface area (Å²) in [6, 6.07) is 6.01. The fraction of sp³-hybridized carbons (Fsp3) is 0.489. The van der Waals surface area contributed by atoms with Crippen LogP contribution >= 0.6 is 0 Å². The average Bonchev–Trinajstić information content (AvgIpc) is 4.05. The predicted octanol–water partition coefficient (Wildman–Crippen LogP) is 3.90. The lowest BCUT2D eigenvalue weighted by Gasteiger charge is -2.35. The highest BCUT2D eigenvalue weighted by Gasteiger charge is 2.29. The van der Waals surface area contributed by atoms with Gasteiger partial charge in [-0.1, -0.05) is 12.2 Å². The van der Waals surface area contributed by atoms with Crippen molar-refractivity contribution in [1.29, 1.82) is 0 Å². The Hall–Kier alpha value is -7.23. The molecule has 0 spiro atoms. The first-order chi connectivity index (χ1) is 31.9. The number of carbonyl (C=O) groups excluding carboxylic acids is 5. The Bertz CT molecular complexity index is 2690. The number of primary amides is 2. The van der Waals surface area contributed by atoms with Crippen molar-refractivity contribution in [3.8, 4) is 5.75 Å². The summed E-state index contributed by atoms with van der Waals surface area (Å²) in [5.41, 5.74) is 15.6. The van der Waals surface area contributed by atoms with E-state index in [9.17, 15) is 24.0 Å². The average molecular weight is 924 g/mol. The van der Waals surface area contributed by atoms with Gasteiger partial charge in [0.05, 0.1) is 35.8 Å². The van der Waals surface area contributed by atoms with Crippen molar-refractivity contribution in [2.75, 3.05) is 56.5 Å². The summed E-state index contributed by atoms with van der Waals surface area (Å²) in [4.78, 5) is 79.9. The van der Waals surface area contributed by atoms with E-state index >= 15 is 0 Å². The lowest BCUT2D eigenvalue weighted by atomic mass is 10.1. The number of hydrogen-bond acceptors (Lipinski definition) is 12. The fourth-order valence-electron chi connectivity index (χ4n) is 8.26. The number of fused-ring (bicyclic) bond motifs is 2. The van der Waals surface area contributed by atoms with E-state index in [1.54, 1.807) is 43.1 Å². The minimum absolute atomic E-state index is 0.185. The number of amides is 6. The molecule has 6 amide bonds. The SMILES string of the molecule is CCn1nc(C)cc1C(=O)Nc1nc2c(n1C/C=C/Cn1c(NC(=O)c3cc(C)nn3CC)nc3cc(C(N)=O)cc(OCCCN4CCN(C(=O)OC(C)(C)C)CC4)c31)CCN(C(N)=O)C2. The van der Waals surface area contributed by atoms with Gasteiger partial charge in [-0.15, -0.1) is 0 Å². The van der Waals surface area contributed by atoms with Gasteiger partial charge in [0.1, 0.15) is 28.3 Å². The number of hydrogen-bond donors (Lipinski definition) is 4. The second kappa shape index (κ2) is 20.1. The van der Waals surface area contributed by atoms with Crippen molar-refractivity contribution in [2.24, 2.45) is 11.5 Å². The predicted molar refractivity (Wildman–Crippen MR) is 249 cm³/mol. The molecule has 0 radical (unpaired) electrons. The van der Waals surface area contributed by atoms with Gasteiger partial charge in [0, 0.05) is 83.1 Å². The Kier molecular flexibility index (Phi) is 14.3. The lowest BCUT2D eigenvalue weighted by Crippen LogP contribution is -2.50. The second-order valence-corrected chi connectivity index (χ2v) is 17.6. The maximum Gasteiger partial charge on any atom is 0.410 e. The molecule has 2 aliphatic rings. The Morgan fingerprint density at radius 1 is 0.776 bits per heavy atom. The van der Waals surface area contributed by atoms with Crippen LogP contribution in [0.5, 0.6) is 5.75 Å². The number of anilines is 2. The number of rotatable bonds is 16. The van der Waals surface area contributed by atoms with Crippen LogP contribution in [-0.4, -0.2) is 135 Å². The molecule has 1 fully saturated rings. The molecule has 7 rings (SSSR count). The molecule has 0 aliphatic carbocycles. The number of imidazole rings is 2. The number of carbonyl (C=O) groups is 5. The van der Waals surface area contributed by atoms with Crippen LogP contribution in [0.25, 0.3) is 11.0 Å². The number of nitrogens with one attached hydrogen (secondary N) is 2. The van der Waals surface area contributed by atoms with E-state index < -0.39 is 23.4 Å². The number of nitrogens with two attached hydrogens (primary N) is 2. The van der Waals surface area contributed by atoms with Crippen LogP contribution in [0.3, 0.4) is 0 Å². The Balaban J connectivity index is 1.15.